The lowest BCUT2D eigenvalue weighted by Crippen LogP contribution is -2.07. The van der Waals surface area contributed by atoms with Crippen molar-refractivity contribution in [1.82, 2.24) is 5.32 Å². The van der Waals surface area contributed by atoms with Crippen LogP contribution in [0.15, 0.2) is 36.4 Å². The van der Waals surface area contributed by atoms with E-state index in [-0.39, 0.29) is 13.5 Å². The number of methoxy groups -OCH3 is 4. The minimum atomic E-state index is 0. The first-order valence-corrected chi connectivity index (χ1v) is 7.27. The van der Waals surface area contributed by atoms with E-state index < -0.39 is 0 Å². The van der Waals surface area contributed by atoms with Gasteiger partial charge >= 0.3 is 0 Å². The fourth-order valence-electron chi connectivity index (χ4n) is 2.26. The zero-order valence-electron chi connectivity index (χ0n) is 14.5. The fraction of sp³-hybridized carbons (Fsp3) is 0.333. The molecule has 0 aromatic heterocycles. The van der Waals surface area contributed by atoms with E-state index in [0.717, 1.165) is 34.1 Å². The molecule has 2 aromatic carbocycles. The van der Waals surface area contributed by atoms with Crippen LogP contribution in [0.4, 0.5) is 0 Å². The van der Waals surface area contributed by atoms with Gasteiger partial charge in [0.15, 0.2) is 0 Å². The van der Waals surface area contributed by atoms with E-state index in [0.29, 0.717) is 13.1 Å². The van der Waals surface area contributed by atoms with Gasteiger partial charge < -0.3 is 18.9 Å². The highest BCUT2D eigenvalue weighted by Crippen LogP contribution is 2.26. The zero-order chi connectivity index (χ0) is 16.7. The molecular formula is C18H24NO4S. The summed E-state index contributed by atoms with van der Waals surface area (Å²) in [5.74, 6) is 3.08. The Balaban J connectivity index is 0.00000288. The topological polar surface area (TPSA) is 51.0 Å². The van der Waals surface area contributed by atoms with Crippen LogP contribution in [0.5, 0.6) is 23.0 Å². The summed E-state index contributed by atoms with van der Waals surface area (Å²) in [5, 5.41) is 4.60. The summed E-state index contributed by atoms with van der Waals surface area (Å²) < 4.78 is 21.2. The molecule has 2 rings (SSSR count). The van der Waals surface area contributed by atoms with Crippen LogP contribution in [0.3, 0.4) is 0 Å². The smallest absolute Gasteiger partial charge is 0.127 e. The third-order valence-corrected chi connectivity index (χ3v) is 3.55. The van der Waals surface area contributed by atoms with E-state index in [1.165, 1.54) is 0 Å². The van der Waals surface area contributed by atoms with Crippen LogP contribution in [0.25, 0.3) is 0 Å². The first kappa shape index (κ1) is 20.0. The Morgan fingerprint density at radius 1 is 0.667 bits per heavy atom. The quantitative estimate of drug-likeness (QED) is 0.734. The van der Waals surface area contributed by atoms with E-state index in [2.05, 4.69) is 5.32 Å². The van der Waals surface area contributed by atoms with Gasteiger partial charge in [-0.15, -0.1) is 0 Å². The largest absolute Gasteiger partial charge is 0.497 e. The molecule has 0 aliphatic rings. The lowest BCUT2D eigenvalue weighted by molar-refractivity contribution is 0.387. The van der Waals surface area contributed by atoms with Crippen molar-refractivity contribution in [1.29, 1.82) is 0 Å². The highest BCUT2D eigenvalue weighted by atomic mass is 32.1. The van der Waals surface area contributed by atoms with Crippen molar-refractivity contribution in [3.05, 3.63) is 47.5 Å². The highest BCUT2D eigenvalue weighted by Gasteiger charge is 2.08. The monoisotopic (exact) mass is 350 g/mol. The Hall–Kier alpha value is -2.05. The number of nitrogens with zero attached hydrogens (tertiary/aromatic N) is 1. The lowest BCUT2D eigenvalue weighted by atomic mass is 10.1. The normalized spacial score (nSPS) is 9.83. The molecule has 5 nitrogen and oxygen atoms in total. The molecule has 0 N–H and O–H groups in total. The summed E-state index contributed by atoms with van der Waals surface area (Å²) in [6.45, 7) is 1.12. The predicted molar refractivity (Wildman–Crippen MR) is 99.0 cm³/mol. The molecule has 0 spiro atoms. The maximum atomic E-state index is 5.38. The molecule has 1 radical (unpaired) electrons. The van der Waals surface area contributed by atoms with E-state index in [1.807, 2.05) is 36.4 Å². The van der Waals surface area contributed by atoms with Gasteiger partial charge in [0.25, 0.3) is 0 Å². The van der Waals surface area contributed by atoms with Gasteiger partial charge in [0, 0.05) is 36.3 Å². The second-order valence-electron chi connectivity index (χ2n) is 4.90. The molecule has 131 valence electrons. The standard InChI is InChI=1S/C18H22NO4.H2S/c1-20-15-7-5-13(17(9-15)22-3)11-19-12-14-6-8-16(21-2)10-18(14)23-4;/h5-10H,11-12H2,1-4H3;1H2. The molecule has 24 heavy (non-hydrogen) atoms. The average molecular weight is 350 g/mol. The van der Waals surface area contributed by atoms with Gasteiger partial charge in [-0.25, -0.2) is 5.32 Å². The summed E-state index contributed by atoms with van der Waals surface area (Å²) in [6.07, 6.45) is 0. The number of rotatable bonds is 8. The Labute approximate surface area is 150 Å². The van der Waals surface area contributed by atoms with Crippen LogP contribution < -0.4 is 24.3 Å². The molecule has 0 fully saturated rings. The van der Waals surface area contributed by atoms with Gasteiger partial charge in [0.1, 0.15) is 23.0 Å². The van der Waals surface area contributed by atoms with Gasteiger partial charge in [-0.05, 0) is 12.1 Å². The van der Waals surface area contributed by atoms with Gasteiger partial charge in [-0.2, -0.15) is 13.5 Å². The Morgan fingerprint density at radius 2 is 1.08 bits per heavy atom. The summed E-state index contributed by atoms with van der Waals surface area (Å²) in [4.78, 5) is 0. The van der Waals surface area contributed by atoms with Crippen LogP contribution >= 0.6 is 13.5 Å². The summed E-state index contributed by atoms with van der Waals surface area (Å²) in [7, 11) is 6.55. The second kappa shape index (κ2) is 9.95. The number of hydrogen-bond acceptors (Lipinski definition) is 4. The maximum Gasteiger partial charge on any atom is 0.127 e. The van der Waals surface area contributed by atoms with Crippen LogP contribution in [-0.4, -0.2) is 28.4 Å². The lowest BCUT2D eigenvalue weighted by Gasteiger charge is -2.12. The van der Waals surface area contributed by atoms with Crippen LogP contribution in [-0.2, 0) is 13.1 Å². The van der Waals surface area contributed by atoms with Gasteiger partial charge in [0.2, 0.25) is 0 Å². The molecule has 0 heterocycles. The summed E-state index contributed by atoms with van der Waals surface area (Å²) in [6, 6.07) is 11.5. The highest BCUT2D eigenvalue weighted by molar-refractivity contribution is 7.59. The van der Waals surface area contributed by atoms with Crippen molar-refractivity contribution in [2.24, 2.45) is 0 Å². The third-order valence-electron chi connectivity index (χ3n) is 3.55. The summed E-state index contributed by atoms with van der Waals surface area (Å²) >= 11 is 0. The van der Waals surface area contributed by atoms with Crippen molar-refractivity contribution in [3.8, 4) is 23.0 Å². The fourth-order valence-corrected chi connectivity index (χ4v) is 2.26. The first-order valence-electron chi connectivity index (χ1n) is 7.27. The molecule has 0 aliphatic heterocycles. The van der Waals surface area contributed by atoms with Gasteiger partial charge in [-0.1, -0.05) is 12.1 Å². The first-order chi connectivity index (χ1) is 11.2. The average Bonchev–Trinajstić information content (AvgIpc) is 2.61. The zero-order valence-corrected chi connectivity index (χ0v) is 15.5. The summed E-state index contributed by atoms with van der Waals surface area (Å²) in [5.41, 5.74) is 2.03. The van der Waals surface area contributed by atoms with Crippen molar-refractivity contribution < 1.29 is 18.9 Å². The third kappa shape index (κ3) is 4.97. The molecule has 0 aliphatic carbocycles. The van der Waals surface area contributed by atoms with Crippen molar-refractivity contribution in [2.75, 3.05) is 28.4 Å². The molecule has 0 bridgehead atoms. The van der Waals surface area contributed by atoms with Crippen molar-refractivity contribution >= 4 is 13.5 Å². The van der Waals surface area contributed by atoms with Crippen LogP contribution in [0, 0.1) is 0 Å². The molecule has 0 amide bonds. The van der Waals surface area contributed by atoms with Gasteiger partial charge in [-0.3, -0.25) is 0 Å². The molecule has 0 saturated heterocycles. The Morgan fingerprint density at radius 3 is 1.42 bits per heavy atom. The van der Waals surface area contributed by atoms with Crippen LogP contribution in [0.1, 0.15) is 11.1 Å². The molecule has 2 aromatic rings. The Kier molecular flexibility index (Phi) is 8.29. The van der Waals surface area contributed by atoms with Gasteiger partial charge in [0.05, 0.1) is 28.4 Å². The minimum absolute atomic E-state index is 0. The van der Waals surface area contributed by atoms with E-state index in [4.69, 9.17) is 18.9 Å². The molecule has 0 saturated carbocycles. The molecule has 0 unspecified atom stereocenters. The van der Waals surface area contributed by atoms with E-state index in [1.54, 1.807) is 28.4 Å². The van der Waals surface area contributed by atoms with Crippen molar-refractivity contribution in [3.63, 3.8) is 0 Å². The number of hydrogen-bond donors (Lipinski definition) is 0. The Bertz CT molecular complexity index is 593. The minimum Gasteiger partial charge on any atom is -0.497 e. The second-order valence-corrected chi connectivity index (χ2v) is 4.90. The maximum absolute atomic E-state index is 5.38. The number of benzene rings is 2. The number of ether oxygens (including phenoxy) is 4. The molecule has 6 heteroatoms. The predicted octanol–water partition coefficient (Wildman–Crippen LogP) is 3.14. The van der Waals surface area contributed by atoms with E-state index in [9.17, 15) is 0 Å². The molecular weight excluding hydrogens is 326 g/mol. The SMILES string of the molecule is COc1ccc(C[N]Cc2ccc(OC)cc2OC)c(OC)c1.S. The van der Waals surface area contributed by atoms with Crippen LogP contribution in [0.2, 0.25) is 0 Å². The van der Waals surface area contributed by atoms with E-state index >= 15 is 0 Å². The molecule has 0 atom stereocenters. The van der Waals surface area contributed by atoms with Crippen molar-refractivity contribution in [2.45, 2.75) is 13.1 Å².